The molecule has 1 fully saturated rings. The van der Waals surface area contributed by atoms with Crippen LogP contribution in [0.5, 0.6) is 11.5 Å². The molecule has 0 saturated carbocycles. The van der Waals surface area contributed by atoms with Crippen molar-refractivity contribution in [2.45, 2.75) is 30.7 Å². The molecule has 4 heterocycles. The first-order valence-corrected chi connectivity index (χ1v) is 14.3. The van der Waals surface area contributed by atoms with Gasteiger partial charge in [-0.3, -0.25) is 9.69 Å². The van der Waals surface area contributed by atoms with Gasteiger partial charge >= 0.3 is 6.18 Å². The van der Waals surface area contributed by atoms with Crippen LogP contribution in [0, 0.1) is 0 Å². The molecule has 1 aromatic heterocycles. The van der Waals surface area contributed by atoms with Gasteiger partial charge in [0.05, 0.1) is 12.1 Å². The third-order valence-electron chi connectivity index (χ3n) is 8.41. The second kappa shape index (κ2) is 11.0. The second-order valence-electron chi connectivity index (χ2n) is 11.0. The fourth-order valence-electron chi connectivity index (χ4n) is 6.26. The van der Waals surface area contributed by atoms with Crippen molar-refractivity contribution in [3.63, 3.8) is 0 Å². The molecule has 0 spiro atoms. The lowest BCUT2D eigenvalue weighted by Crippen LogP contribution is -2.50. The van der Waals surface area contributed by atoms with Gasteiger partial charge in [0.25, 0.3) is 5.91 Å². The molecule has 3 aliphatic heterocycles. The van der Waals surface area contributed by atoms with Gasteiger partial charge in [-0.2, -0.15) is 18.3 Å². The van der Waals surface area contributed by atoms with E-state index in [0.29, 0.717) is 43.2 Å². The lowest BCUT2D eigenvalue weighted by Gasteiger charge is -2.39. The molecule has 43 heavy (non-hydrogen) atoms. The van der Waals surface area contributed by atoms with E-state index in [-0.39, 0.29) is 36.7 Å². The molecule has 0 radical (unpaired) electrons. The molecule has 3 aliphatic rings. The molecule has 4 aromatic rings. The number of benzene rings is 3. The lowest BCUT2D eigenvalue weighted by atomic mass is 9.96. The molecular formula is C32H30F3N5O3. The summed E-state index contributed by atoms with van der Waals surface area (Å²) in [6.07, 6.45) is -4.82. The van der Waals surface area contributed by atoms with E-state index in [9.17, 15) is 18.0 Å². The van der Waals surface area contributed by atoms with Crippen molar-refractivity contribution in [2.24, 2.45) is 0 Å². The normalized spacial score (nSPS) is 20.1. The number of fused-ring (bicyclic) bond motifs is 2. The number of carbonyl (C=O) groups excluding carboxylic acids is 1. The fraction of sp³-hybridized carbons (Fsp3) is 0.312. The number of rotatable bonds is 5. The number of piperazine rings is 1. The Bertz CT molecular complexity index is 1560. The molecule has 1 N–H and O–H groups in total. The number of hydrogen-bond donors (Lipinski definition) is 1. The van der Waals surface area contributed by atoms with Crippen molar-refractivity contribution in [1.29, 1.82) is 0 Å². The number of anilines is 1. The Kier molecular flexibility index (Phi) is 6.97. The minimum absolute atomic E-state index is 0.000736. The first kappa shape index (κ1) is 27.3. The third kappa shape index (κ3) is 5.29. The summed E-state index contributed by atoms with van der Waals surface area (Å²) >= 11 is 0. The summed E-state index contributed by atoms with van der Waals surface area (Å²) in [6, 6.07) is 24.5. The van der Waals surface area contributed by atoms with E-state index in [1.807, 2.05) is 36.4 Å². The van der Waals surface area contributed by atoms with Gasteiger partial charge in [-0.1, -0.05) is 66.7 Å². The van der Waals surface area contributed by atoms with Gasteiger partial charge in [0.2, 0.25) is 6.79 Å². The van der Waals surface area contributed by atoms with Crippen molar-refractivity contribution < 1.29 is 27.4 Å². The van der Waals surface area contributed by atoms with Gasteiger partial charge in [0.1, 0.15) is 5.82 Å². The minimum atomic E-state index is -4.55. The topological polar surface area (TPSA) is 71.9 Å². The molecule has 3 aromatic carbocycles. The maximum atomic E-state index is 14.3. The van der Waals surface area contributed by atoms with Gasteiger partial charge < -0.3 is 19.7 Å². The summed E-state index contributed by atoms with van der Waals surface area (Å²) in [6.45, 7) is 2.18. The molecule has 7 rings (SSSR count). The first-order chi connectivity index (χ1) is 20.8. The third-order valence-corrected chi connectivity index (χ3v) is 8.41. The van der Waals surface area contributed by atoms with Crippen LogP contribution in [0.2, 0.25) is 0 Å². The van der Waals surface area contributed by atoms with Crippen molar-refractivity contribution in [1.82, 2.24) is 19.6 Å². The maximum absolute atomic E-state index is 14.3. The SMILES string of the molecule is O=C(c1cc2n(n1)[C@H](C(F)(F)F)C[C@H](c1ccc3c(c1)OCO3)N2)N1CCN(C(c2ccccc2)c2ccccc2)CC1. The number of nitrogens with zero attached hydrogens (tertiary/aromatic N) is 4. The number of hydrogen-bond acceptors (Lipinski definition) is 6. The van der Waals surface area contributed by atoms with Crippen molar-refractivity contribution in [3.8, 4) is 11.5 Å². The van der Waals surface area contributed by atoms with Crippen LogP contribution in [0.15, 0.2) is 84.9 Å². The van der Waals surface area contributed by atoms with Gasteiger partial charge in [-0.25, -0.2) is 4.68 Å². The summed E-state index contributed by atoms with van der Waals surface area (Å²) in [4.78, 5) is 17.6. The number of carbonyl (C=O) groups is 1. The van der Waals surface area contributed by atoms with Gasteiger partial charge in [-0.05, 0) is 28.8 Å². The smallest absolute Gasteiger partial charge is 0.410 e. The largest absolute Gasteiger partial charge is 0.454 e. The highest BCUT2D eigenvalue weighted by atomic mass is 19.4. The van der Waals surface area contributed by atoms with E-state index in [2.05, 4.69) is 39.6 Å². The summed E-state index contributed by atoms with van der Waals surface area (Å²) in [5.74, 6) is 0.842. The Morgan fingerprint density at radius 2 is 1.51 bits per heavy atom. The first-order valence-electron chi connectivity index (χ1n) is 14.3. The van der Waals surface area contributed by atoms with E-state index in [1.165, 1.54) is 6.07 Å². The maximum Gasteiger partial charge on any atom is 0.410 e. The van der Waals surface area contributed by atoms with E-state index in [1.54, 1.807) is 23.1 Å². The minimum Gasteiger partial charge on any atom is -0.454 e. The number of ether oxygens (including phenoxy) is 2. The van der Waals surface area contributed by atoms with E-state index in [0.717, 1.165) is 15.8 Å². The highest BCUT2D eigenvalue weighted by Crippen LogP contribution is 2.45. The Labute approximate surface area is 246 Å². The highest BCUT2D eigenvalue weighted by Gasteiger charge is 2.47. The second-order valence-corrected chi connectivity index (χ2v) is 11.0. The molecule has 0 bridgehead atoms. The lowest BCUT2D eigenvalue weighted by molar-refractivity contribution is -0.173. The molecule has 1 saturated heterocycles. The van der Waals surface area contributed by atoms with Gasteiger partial charge in [0.15, 0.2) is 23.2 Å². The number of alkyl halides is 3. The van der Waals surface area contributed by atoms with Gasteiger partial charge in [-0.15, -0.1) is 0 Å². The average Bonchev–Trinajstić information content (AvgIpc) is 3.68. The molecule has 8 nitrogen and oxygen atoms in total. The zero-order valence-electron chi connectivity index (χ0n) is 23.2. The molecular weight excluding hydrogens is 559 g/mol. The number of aromatic nitrogens is 2. The Balaban J connectivity index is 1.09. The standard InChI is InChI=1S/C32H30F3N5O3/c33-32(34,35)28-18-24(23-11-12-26-27(17-23)43-20-42-26)36-29-19-25(37-40(28)29)31(41)39-15-13-38(14-16-39)30(21-7-3-1-4-8-21)22-9-5-2-6-10-22/h1-12,17,19,24,28,30,36H,13-16,18,20H2/t24-,28+/m1/s1. The Morgan fingerprint density at radius 1 is 0.860 bits per heavy atom. The van der Waals surface area contributed by atoms with Crippen LogP contribution in [-0.4, -0.2) is 64.6 Å². The van der Waals surface area contributed by atoms with Gasteiger partial charge in [0, 0.05) is 38.7 Å². The van der Waals surface area contributed by atoms with E-state index in [4.69, 9.17) is 9.47 Å². The van der Waals surface area contributed by atoms with E-state index < -0.39 is 18.3 Å². The van der Waals surface area contributed by atoms with Crippen LogP contribution in [-0.2, 0) is 0 Å². The highest BCUT2D eigenvalue weighted by molar-refractivity contribution is 5.93. The Morgan fingerprint density at radius 3 is 2.16 bits per heavy atom. The molecule has 0 aliphatic carbocycles. The van der Waals surface area contributed by atoms with Crippen LogP contribution < -0.4 is 14.8 Å². The van der Waals surface area contributed by atoms with Crippen LogP contribution in [0.4, 0.5) is 19.0 Å². The number of amides is 1. The molecule has 11 heteroatoms. The predicted molar refractivity (Wildman–Crippen MR) is 153 cm³/mol. The van der Waals surface area contributed by atoms with Crippen LogP contribution in [0.1, 0.15) is 51.7 Å². The summed E-state index contributed by atoms with van der Waals surface area (Å²) in [5, 5.41) is 7.36. The van der Waals surface area contributed by atoms with Crippen molar-refractivity contribution in [2.75, 3.05) is 38.3 Å². The van der Waals surface area contributed by atoms with E-state index >= 15 is 0 Å². The predicted octanol–water partition coefficient (Wildman–Crippen LogP) is 5.82. The van der Waals surface area contributed by atoms with Crippen LogP contribution in [0.25, 0.3) is 0 Å². The molecule has 2 atom stereocenters. The number of halogens is 3. The number of nitrogens with one attached hydrogen (secondary N) is 1. The summed E-state index contributed by atoms with van der Waals surface area (Å²) < 4.78 is 54.5. The monoisotopic (exact) mass is 589 g/mol. The van der Waals surface area contributed by atoms with Crippen molar-refractivity contribution >= 4 is 11.7 Å². The summed E-state index contributed by atoms with van der Waals surface area (Å²) in [5.41, 5.74) is 2.97. The molecule has 222 valence electrons. The zero-order chi connectivity index (χ0) is 29.6. The van der Waals surface area contributed by atoms with Crippen LogP contribution >= 0.6 is 0 Å². The molecule has 1 amide bonds. The molecule has 0 unspecified atom stereocenters. The summed E-state index contributed by atoms with van der Waals surface area (Å²) in [7, 11) is 0. The quantitative estimate of drug-likeness (QED) is 0.317. The van der Waals surface area contributed by atoms with Crippen molar-refractivity contribution in [3.05, 3.63) is 107 Å². The fourth-order valence-corrected chi connectivity index (χ4v) is 6.26. The zero-order valence-corrected chi connectivity index (χ0v) is 23.2. The Hall–Kier alpha value is -4.51. The average molecular weight is 590 g/mol. The van der Waals surface area contributed by atoms with Crippen LogP contribution in [0.3, 0.4) is 0 Å².